The summed E-state index contributed by atoms with van der Waals surface area (Å²) >= 11 is 0. The first-order valence-electron chi connectivity index (χ1n) is 4.76. The van der Waals surface area contributed by atoms with Gasteiger partial charge in [0.25, 0.3) is 0 Å². The molecule has 0 spiro atoms. The Labute approximate surface area is 87.2 Å². The molecule has 15 heavy (non-hydrogen) atoms. The summed E-state index contributed by atoms with van der Waals surface area (Å²) in [6, 6.07) is -1.71. The molecule has 0 rings (SSSR count). The number of alkyl halides is 3. The second-order valence-electron chi connectivity index (χ2n) is 4.00. The molecule has 0 aliphatic heterocycles. The van der Waals surface area contributed by atoms with Gasteiger partial charge >= 0.3 is 6.18 Å². The van der Waals surface area contributed by atoms with Crippen molar-refractivity contribution in [2.24, 2.45) is 11.7 Å². The van der Waals surface area contributed by atoms with Crippen LogP contribution in [0.3, 0.4) is 0 Å². The Morgan fingerprint density at radius 2 is 1.80 bits per heavy atom. The summed E-state index contributed by atoms with van der Waals surface area (Å²) in [7, 11) is 0. The lowest BCUT2D eigenvalue weighted by atomic mass is 10.0. The third kappa shape index (κ3) is 6.33. The molecular weight excluding hydrogens is 209 g/mol. The summed E-state index contributed by atoms with van der Waals surface area (Å²) in [4.78, 5) is 11.3. The van der Waals surface area contributed by atoms with Gasteiger partial charge in [0.15, 0.2) is 0 Å². The maximum atomic E-state index is 11.9. The average Bonchev–Trinajstić information content (AvgIpc) is 1.98. The van der Waals surface area contributed by atoms with Crippen LogP contribution in [0.15, 0.2) is 0 Å². The van der Waals surface area contributed by atoms with Gasteiger partial charge in [-0.2, -0.15) is 13.2 Å². The summed E-state index contributed by atoms with van der Waals surface area (Å²) in [6.45, 7) is 4.77. The SMILES string of the molecule is CC(CC(F)(F)F)NC(=O)[C@H](N)C(C)C. The Kier molecular flexibility index (Phi) is 5.07. The maximum Gasteiger partial charge on any atom is 0.391 e. The predicted molar refractivity (Wildman–Crippen MR) is 51.1 cm³/mol. The van der Waals surface area contributed by atoms with Gasteiger partial charge in [0.1, 0.15) is 0 Å². The van der Waals surface area contributed by atoms with Crippen LogP contribution in [0.1, 0.15) is 27.2 Å². The van der Waals surface area contributed by atoms with Gasteiger partial charge < -0.3 is 11.1 Å². The molecule has 0 saturated heterocycles. The van der Waals surface area contributed by atoms with Gasteiger partial charge in [-0.1, -0.05) is 13.8 Å². The number of nitrogens with one attached hydrogen (secondary N) is 1. The Balaban J connectivity index is 4.08. The molecule has 0 saturated carbocycles. The van der Waals surface area contributed by atoms with Crippen molar-refractivity contribution in [1.82, 2.24) is 5.32 Å². The standard InChI is InChI=1S/C9H17F3N2O/c1-5(2)7(13)8(15)14-6(3)4-9(10,11)12/h5-7H,4,13H2,1-3H3,(H,14,15)/t6?,7-/m1/s1. The van der Waals surface area contributed by atoms with Gasteiger partial charge in [0.2, 0.25) is 5.91 Å². The van der Waals surface area contributed by atoms with Crippen LogP contribution in [0.2, 0.25) is 0 Å². The molecule has 3 nitrogen and oxygen atoms in total. The average molecular weight is 226 g/mol. The van der Waals surface area contributed by atoms with Crippen LogP contribution in [-0.2, 0) is 4.79 Å². The number of carbonyl (C=O) groups excluding carboxylic acids is 1. The Morgan fingerprint density at radius 3 is 2.13 bits per heavy atom. The van der Waals surface area contributed by atoms with Crippen LogP contribution in [-0.4, -0.2) is 24.2 Å². The zero-order valence-electron chi connectivity index (χ0n) is 9.06. The number of nitrogens with two attached hydrogens (primary N) is 1. The van der Waals surface area contributed by atoms with Gasteiger partial charge in [-0.05, 0) is 12.8 Å². The van der Waals surface area contributed by atoms with E-state index in [1.54, 1.807) is 13.8 Å². The van der Waals surface area contributed by atoms with E-state index in [2.05, 4.69) is 5.32 Å². The van der Waals surface area contributed by atoms with Crippen LogP contribution in [0, 0.1) is 5.92 Å². The second-order valence-corrected chi connectivity index (χ2v) is 4.00. The molecule has 1 unspecified atom stereocenters. The van der Waals surface area contributed by atoms with E-state index in [9.17, 15) is 18.0 Å². The van der Waals surface area contributed by atoms with Crippen molar-refractivity contribution in [3.8, 4) is 0 Å². The van der Waals surface area contributed by atoms with E-state index in [0.717, 1.165) is 0 Å². The largest absolute Gasteiger partial charge is 0.391 e. The highest BCUT2D eigenvalue weighted by Gasteiger charge is 2.31. The van der Waals surface area contributed by atoms with Gasteiger partial charge in [-0.3, -0.25) is 4.79 Å². The lowest BCUT2D eigenvalue weighted by Crippen LogP contribution is -2.47. The highest BCUT2D eigenvalue weighted by atomic mass is 19.4. The van der Waals surface area contributed by atoms with Crippen LogP contribution in [0.25, 0.3) is 0 Å². The Bertz CT molecular complexity index is 216. The fourth-order valence-corrected chi connectivity index (χ4v) is 1.04. The molecule has 0 aromatic rings. The number of halogens is 3. The molecule has 0 aromatic heterocycles. The summed E-state index contributed by atoms with van der Waals surface area (Å²) in [5, 5.41) is 2.23. The first-order valence-corrected chi connectivity index (χ1v) is 4.76. The molecule has 1 amide bonds. The van der Waals surface area contributed by atoms with Crippen molar-refractivity contribution in [2.75, 3.05) is 0 Å². The molecule has 0 aliphatic rings. The first-order chi connectivity index (χ1) is 6.63. The predicted octanol–water partition coefficient (Wildman–Crippen LogP) is 1.43. The topological polar surface area (TPSA) is 55.1 Å². The number of carbonyl (C=O) groups is 1. The van der Waals surface area contributed by atoms with Crippen molar-refractivity contribution < 1.29 is 18.0 Å². The number of hydrogen-bond acceptors (Lipinski definition) is 2. The smallest absolute Gasteiger partial charge is 0.352 e. The minimum atomic E-state index is -4.27. The zero-order chi connectivity index (χ0) is 12.2. The minimum Gasteiger partial charge on any atom is -0.352 e. The van der Waals surface area contributed by atoms with E-state index in [0.29, 0.717) is 0 Å². The summed E-state index contributed by atoms with van der Waals surface area (Å²) in [5.74, 6) is -0.634. The number of rotatable bonds is 4. The van der Waals surface area contributed by atoms with E-state index < -0.39 is 30.6 Å². The Morgan fingerprint density at radius 1 is 1.33 bits per heavy atom. The van der Waals surface area contributed by atoms with E-state index in [1.165, 1.54) is 6.92 Å². The van der Waals surface area contributed by atoms with Gasteiger partial charge in [-0.25, -0.2) is 0 Å². The molecule has 0 aromatic carbocycles. The zero-order valence-corrected chi connectivity index (χ0v) is 9.06. The van der Waals surface area contributed by atoms with E-state index in [-0.39, 0.29) is 5.92 Å². The van der Waals surface area contributed by atoms with Crippen molar-refractivity contribution in [2.45, 2.75) is 45.5 Å². The van der Waals surface area contributed by atoms with Crippen LogP contribution in [0.4, 0.5) is 13.2 Å². The molecule has 0 bridgehead atoms. The molecule has 2 atom stereocenters. The highest BCUT2D eigenvalue weighted by Crippen LogP contribution is 2.21. The number of amides is 1. The second kappa shape index (κ2) is 5.34. The van der Waals surface area contributed by atoms with Gasteiger partial charge in [-0.15, -0.1) is 0 Å². The Hall–Kier alpha value is -0.780. The normalized spacial score (nSPS) is 16.3. The monoisotopic (exact) mass is 226 g/mol. The van der Waals surface area contributed by atoms with Crippen LogP contribution in [0.5, 0.6) is 0 Å². The van der Waals surface area contributed by atoms with Crippen molar-refractivity contribution >= 4 is 5.91 Å². The van der Waals surface area contributed by atoms with Crippen molar-refractivity contribution in [3.05, 3.63) is 0 Å². The van der Waals surface area contributed by atoms with E-state index in [1.807, 2.05) is 0 Å². The summed E-state index contributed by atoms with van der Waals surface area (Å²) < 4.78 is 35.8. The molecule has 0 radical (unpaired) electrons. The third-order valence-corrected chi connectivity index (χ3v) is 1.95. The summed E-state index contributed by atoms with van der Waals surface area (Å²) in [6.07, 6.45) is -5.31. The van der Waals surface area contributed by atoms with E-state index >= 15 is 0 Å². The van der Waals surface area contributed by atoms with Gasteiger partial charge in [0.05, 0.1) is 12.5 Å². The highest BCUT2D eigenvalue weighted by molar-refractivity contribution is 5.81. The molecular formula is C9H17F3N2O. The third-order valence-electron chi connectivity index (χ3n) is 1.95. The quantitative estimate of drug-likeness (QED) is 0.761. The van der Waals surface area contributed by atoms with Crippen molar-refractivity contribution in [1.29, 1.82) is 0 Å². The lowest BCUT2D eigenvalue weighted by molar-refractivity contribution is -0.141. The van der Waals surface area contributed by atoms with Crippen LogP contribution >= 0.6 is 0 Å². The fourth-order valence-electron chi connectivity index (χ4n) is 1.04. The summed E-state index contributed by atoms with van der Waals surface area (Å²) in [5.41, 5.74) is 5.48. The molecule has 0 heterocycles. The van der Waals surface area contributed by atoms with Crippen LogP contribution < -0.4 is 11.1 Å². The number of hydrogen-bond donors (Lipinski definition) is 2. The lowest BCUT2D eigenvalue weighted by Gasteiger charge is -2.20. The molecule has 3 N–H and O–H groups in total. The van der Waals surface area contributed by atoms with Gasteiger partial charge in [0, 0.05) is 6.04 Å². The van der Waals surface area contributed by atoms with Crippen molar-refractivity contribution in [3.63, 3.8) is 0 Å². The maximum absolute atomic E-state index is 11.9. The van der Waals surface area contributed by atoms with E-state index in [4.69, 9.17) is 5.73 Å². The molecule has 90 valence electrons. The minimum absolute atomic E-state index is 0.0944. The first kappa shape index (κ1) is 14.2. The molecule has 0 fully saturated rings. The fraction of sp³-hybridized carbons (Fsp3) is 0.889. The molecule has 6 heteroatoms. The molecule has 0 aliphatic carbocycles.